The van der Waals surface area contributed by atoms with Crippen molar-refractivity contribution in [1.29, 1.82) is 0 Å². The van der Waals surface area contributed by atoms with Crippen molar-refractivity contribution in [1.82, 2.24) is 0 Å². The molecular formula is C9H8ClNO4. The third-order valence-corrected chi connectivity index (χ3v) is 1.77. The zero-order chi connectivity index (χ0) is 11.4. The molecule has 6 heteroatoms. The van der Waals surface area contributed by atoms with Crippen LogP contribution in [0, 0.1) is 10.1 Å². The van der Waals surface area contributed by atoms with Crippen LogP contribution in [0.2, 0.25) is 0 Å². The summed E-state index contributed by atoms with van der Waals surface area (Å²) < 4.78 is 4.82. The number of esters is 1. The van der Waals surface area contributed by atoms with Gasteiger partial charge in [-0.3, -0.25) is 14.9 Å². The van der Waals surface area contributed by atoms with Crippen molar-refractivity contribution < 1.29 is 14.5 Å². The molecule has 0 aliphatic heterocycles. The lowest BCUT2D eigenvalue weighted by atomic mass is 10.3. The average Bonchev–Trinajstić information content (AvgIpc) is 2.18. The molecule has 0 radical (unpaired) electrons. The standard InChI is InChI=1S/C9H8ClNO4/c1-6(10)9(12)15-8-4-2-7(3-5-8)11(13)14/h2-6H,1H3/t6-/m0/s1. The third-order valence-electron chi connectivity index (χ3n) is 1.59. The molecule has 5 nitrogen and oxygen atoms in total. The Morgan fingerprint density at radius 2 is 2.00 bits per heavy atom. The van der Waals surface area contributed by atoms with E-state index in [2.05, 4.69) is 0 Å². The van der Waals surface area contributed by atoms with Crippen LogP contribution < -0.4 is 4.74 Å². The number of halogens is 1. The molecule has 0 heterocycles. The Morgan fingerprint density at radius 3 is 2.40 bits per heavy atom. The van der Waals surface area contributed by atoms with Crippen LogP contribution in [0.5, 0.6) is 5.75 Å². The van der Waals surface area contributed by atoms with E-state index >= 15 is 0 Å². The number of hydrogen-bond acceptors (Lipinski definition) is 4. The molecule has 1 rings (SSSR count). The van der Waals surface area contributed by atoms with E-state index in [1.165, 1.54) is 31.2 Å². The van der Waals surface area contributed by atoms with Crippen molar-refractivity contribution in [3.63, 3.8) is 0 Å². The smallest absolute Gasteiger partial charge is 0.329 e. The summed E-state index contributed by atoms with van der Waals surface area (Å²) in [4.78, 5) is 20.8. The molecule has 0 amide bonds. The Morgan fingerprint density at radius 1 is 1.47 bits per heavy atom. The SMILES string of the molecule is C[C@H](Cl)C(=O)Oc1ccc([N+](=O)[O-])cc1. The summed E-state index contributed by atoms with van der Waals surface area (Å²) in [7, 11) is 0. The van der Waals surface area contributed by atoms with Crippen molar-refractivity contribution >= 4 is 23.3 Å². The Labute approximate surface area is 90.8 Å². The van der Waals surface area contributed by atoms with Gasteiger partial charge in [0.2, 0.25) is 0 Å². The van der Waals surface area contributed by atoms with E-state index in [0.29, 0.717) is 0 Å². The van der Waals surface area contributed by atoms with E-state index < -0.39 is 16.3 Å². The number of rotatable bonds is 3. The summed E-state index contributed by atoms with van der Waals surface area (Å²) in [6.07, 6.45) is 0. The summed E-state index contributed by atoms with van der Waals surface area (Å²) in [6.45, 7) is 1.48. The first-order valence-electron chi connectivity index (χ1n) is 4.11. The van der Waals surface area contributed by atoms with Gasteiger partial charge in [0.05, 0.1) is 4.92 Å². The zero-order valence-corrected chi connectivity index (χ0v) is 8.60. The van der Waals surface area contributed by atoms with E-state index in [0.717, 1.165) is 0 Å². The Kier molecular flexibility index (Phi) is 3.62. The number of nitro groups is 1. The number of non-ortho nitro benzene ring substituents is 1. The van der Waals surface area contributed by atoms with Crippen molar-refractivity contribution in [3.05, 3.63) is 34.4 Å². The molecule has 1 aromatic carbocycles. The molecule has 80 valence electrons. The number of carbonyl (C=O) groups is 1. The summed E-state index contributed by atoms with van der Waals surface area (Å²) in [5.41, 5.74) is -0.0614. The maximum atomic E-state index is 11.0. The molecule has 1 aromatic rings. The molecule has 0 aliphatic carbocycles. The number of nitro benzene ring substituents is 1. The van der Waals surface area contributed by atoms with Crippen molar-refractivity contribution in [2.45, 2.75) is 12.3 Å². The number of alkyl halides is 1. The van der Waals surface area contributed by atoms with Gasteiger partial charge in [-0.25, -0.2) is 0 Å². The molecule has 15 heavy (non-hydrogen) atoms. The van der Waals surface area contributed by atoms with Gasteiger partial charge in [0, 0.05) is 12.1 Å². The first-order valence-corrected chi connectivity index (χ1v) is 4.54. The lowest BCUT2D eigenvalue weighted by molar-refractivity contribution is -0.384. The van der Waals surface area contributed by atoms with Crippen LogP contribution in [0.1, 0.15) is 6.92 Å². The molecule has 0 saturated carbocycles. The largest absolute Gasteiger partial charge is 0.425 e. The highest BCUT2D eigenvalue weighted by Crippen LogP contribution is 2.18. The summed E-state index contributed by atoms with van der Waals surface area (Å²) >= 11 is 5.48. The average molecular weight is 230 g/mol. The van der Waals surface area contributed by atoms with E-state index in [9.17, 15) is 14.9 Å². The second-order valence-electron chi connectivity index (χ2n) is 2.79. The molecule has 0 aromatic heterocycles. The molecule has 0 unspecified atom stereocenters. The molecule has 0 saturated heterocycles. The van der Waals surface area contributed by atoms with Gasteiger partial charge in [0.25, 0.3) is 5.69 Å². The minimum atomic E-state index is -0.750. The van der Waals surface area contributed by atoms with E-state index in [1.54, 1.807) is 0 Å². The summed E-state index contributed by atoms with van der Waals surface area (Å²) in [5, 5.41) is 9.57. The lowest BCUT2D eigenvalue weighted by Gasteiger charge is -2.04. The molecule has 0 bridgehead atoms. The molecule has 0 spiro atoms. The van der Waals surface area contributed by atoms with Crippen LogP contribution in [-0.2, 0) is 4.79 Å². The van der Waals surface area contributed by atoms with Gasteiger partial charge < -0.3 is 4.74 Å². The van der Waals surface area contributed by atoms with Crippen molar-refractivity contribution in [2.75, 3.05) is 0 Å². The first kappa shape index (κ1) is 11.5. The number of benzene rings is 1. The predicted octanol–water partition coefficient (Wildman–Crippen LogP) is 2.13. The van der Waals surface area contributed by atoms with Crippen molar-refractivity contribution in [3.8, 4) is 5.75 Å². The van der Waals surface area contributed by atoms with Gasteiger partial charge in [-0.15, -0.1) is 11.6 Å². The molecule has 1 atom stereocenters. The van der Waals surface area contributed by atoms with Crippen LogP contribution in [0.4, 0.5) is 5.69 Å². The van der Waals surface area contributed by atoms with Gasteiger partial charge in [-0.2, -0.15) is 0 Å². The van der Waals surface area contributed by atoms with E-state index in [-0.39, 0.29) is 11.4 Å². The molecule has 0 aliphatic rings. The van der Waals surface area contributed by atoms with Crippen molar-refractivity contribution in [2.24, 2.45) is 0 Å². The Hall–Kier alpha value is -1.62. The quantitative estimate of drug-likeness (QED) is 0.262. The number of hydrogen-bond donors (Lipinski definition) is 0. The molecule has 0 N–H and O–H groups in total. The first-order chi connectivity index (χ1) is 7.00. The highest BCUT2D eigenvalue weighted by Gasteiger charge is 2.12. The predicted molar refractivity (Wildman–Crippen MR) is 54.0 cm³/mol. The second kappa shape index (κ2) is 4.75. The maximum Gasteiger partial charge on any atom is 0.329 e. The number of carbonyl (C=O) groups excluding carboxylic acids is 1. The van der Waals surface area contributed by atoms with Crippen LogP contribution in [0.25, 0.3) is 0 Å². The van der Waals surface area contributed by atoms with E-state index in [4.69, 9.17) is 16.3 Å². The Balaban J connectivity index is 2.73. The van der Waals surface area contributed by atoms with Gasteiger partial charge in [-0.1, -0.05) is 0 Å². The topological polar surface area (TPSA) is 69.4 Å². The highest BCUT2D eigenvalue weighted by atomic mass is 35.5. The minimum absolute atomic E-state index is 0.0614. The monoisotopic (exact) mass is 229 g/mol. The lowest BCUT2D eigenvalue weighted by Crippen LogP contribution is -2.17. The van der Waals surface area contributed by atoms with Gasteiger partial charge in [-0.05, 0) is 19.1 Å². The fourth-order valence-corrected chi connectivity index (χ4v) is 0.878. The fourth-order valence-electron chi connectivity index (χ4n) is 0.833. The second-order valence-corrected chi connectivity index (χ2v) is 3.44. The van der Waals surface area contributed by atoms with Gasteiger partial charge in [0.15, 0.2) is 0 Å². The number of nitrogens with zero attached hydrogens (tertiary/aromatic N) is 1. The van der Waals surface area contributed by atoms with Crippen LogP contribution in [0.3, 0.4) is 0 Å². The minimum Gasteiger partial charge on any atom is -0.425 e. The molecular weight excluding hydrogens is 222 g/mol. The summed E-state index contributed by atoms with van der Waals surface area (Å²) in [5.74, 6) is -0.358. The van der Waals surface area contributed by atoms with Gasteiger partial charge in [0.1, 0.15) is 11.1 Å². The summed E-state index contributed by atoms with van der Waals surface area (Å²) in [6, 6.07) is 5.19. The number of ether oxygens (including phenoxy) is 1. The fraction of sp³-hybridized carbons (Fsp3) is 0.222. The normalized spacial score (nSPS) is 11.9. The maximum absolute atomic E-state index is 11.0. The Bertz CT molecular complexity index is 374. The van der Waals surface area contributed by atoms with Crippen LogP contribution in [0.15, 0.2) is 24.3 Å². The van der Waals surface area contributed by atoms with Crippen LogP contribution >= 0.6 is 11.6 Å². The van der Waals surface area contributed by atoms with Crippen LogP contribution in [-0.4, -0.2) is 16.3 Å². The van der Waals surface area contributed by atoms with E-state index in [1.807, 2.05) is 0 Å². The molecule has 0 fully saturated rings. The van der Waals surface area contributed by atoms with Gasteiger partial charge >= 0.3 is 5.97 Å². The highest BCUT2D eigenvalue weighted by molar-refractivity contribution is 6.29. The zero-order valence-electron chi connectivity index (χ0n) is 7.84. The third kappa shape index (κ3) is 3.21.